The summed E-state index contributed by atoms with van der Waals surface area (Å²) in [6.07, 6.45) is 2.46. The average molecular weight is 615 g/mol. The highest BCUT2D eigenvalue weighted by Crippen LogP contribution is 2.28. The Hall–Kier alpha value is -4.94. The van der Waals surface area contributed by atoms with Crippen molar-refractivity contribution in [2.75, 3.05) is 36.9 Å². The minimum Gasteiger partial charge on any atom is -0.394 e. The molecule has 11 nitrogen and oxygen atoms in total. The van der Waals surface area contributed by atoms with E-state index in [4.69, 9.17) is 4.74 Å². The number of carbonyl (C=O) groups is 2. The topological polar surface area (TPSA) is 139 Å². The summed E-state index contributed by atoms with van der Waals surface area (Å²) in [5.41, 5.74) is 1.63. The number of rotatable bonds is 7. The molecule has 1 aliphatic heterocycles. The summed E-state index contributed by atoms with van der Waals surface area (Å²) < 4.78 is 22.4. The molecule has 1 atom stereocenters. The molecule has 4 aromatic rings. The third-order valence-electron chi connectivity index (χ3n) is 7.41. The first kappa shape index (κ1) is 31.5. The van der Waals surface area contributed by atoms with Gasteiger partial charge in [0.2, 0.25) is 0 Å². The van der Waals surface area contributed by atoms with Crippen LogP contribution in [0.25, 0.3) is 11.3 Å². The quantitative estimate of drug-likeness (QED) is 0.283. The molecule has 0 saturated carbocycles. The van der Waals surface area contributed by atoms with Crippen LogP contribution in [0.3, 0.4) is 0 Å². The van der Waals surface area contributed by atoms with Crippen molar-refractivity contribution < 1.29 is 23.8 Å². The molecule has 2 amide bonds. The normalized spacial score (nSPS) is 15.1. The van der Waals surface area contributed by atoms with E-state index in [1.807, 2.05) is 20.8 Å². The van der Waals surface area contributed by atoms with Gasteiger partial charge in [0.25, 0.3) is 17.4 Å². The van der Waals surface area contributed by atoms with Crippen LogP contribution in [0, 0.1) is 5.82 Å². The van der Waals surface area contributed by atoms with Gasteiger partial charge in [0.05, 0.1) is 36.3 Å². The fourth-order valence-corrected chi connectivity index (χ4v) is 4.84. The summed E-state index contributed by atoms with van der Waals surface area (Å²) in [5, 5.41) is 14.9. The number of pyridine rings is 1. The maximum atomic E-state index is 15.7. The molecule has 12 heteroatoms. The number of hydrogen-bond donors (Lipinski definition) is 3. The van der Waals surface area contributed by atoms with E-state index >= 15 is 4.39 Å². The number of ether oxygens (including phenoxy) is 1. The van der Waals surface area contributed by atoms with E-state index in [0.29, 0.717) is 30.9 Å². The number of benzene rings is 2. The summed E-state index contributed by atoms with van der Waals surface area (Å²) in [6, 6.07) is 14.5. The van der Waals surface area contributed by atoms with Crippen LogP contribution in [-0.4, -0.2) is 68.8 Å². The van der Waals surface area contributed by atoms with Gasteiger partial charge < -0.3 is 29.9 Å². The SMILES string of the molecule is Cn1cc(-c2cccc(NC(=O)c3ccc(C(C)(C)C)nc3)c2F)nc(Nc2ccc(C(=O)N3CCOC(CO)C3)cc2)c1=O. The van der Waals surface area contributed by atoms with Crippen molar-refractivity contribution >= 4 is 29.0 Å². The van der Waals surface area contributed by atoms with Gasteiger partial charge in [-0.25, -0.2) is 9.37 Å². The lowest BCUT2D eigenvalue weighted by atomic mass is 9.91. The number of aryl methyl sites for hydroxylation is 1. The van der Waals surface area contributed by atoms with E-state index in [-0.39, 0.29) is 46.3 Å². The molecule has 1 fully saturated rings. The predicted octanol–water partition coefficient (Wildman–Crippen LogP) is 4.11. The Morgan fingerprint density at radius 2 is 1.82 bits per heavy atom. The molecule has 0 bridgehead atoms. The lowest BCUT2D eigenvalue weighted by Gasteiger charge is -2.32. The van der Waals surface area contributed by atoms with Crippen LogP contribution in [-0.2, 0) is 17.2 Å². The highest BCUT2D eigenvalue weighted by molar-refractivity contribution is 6.04. The van der Waals surface area contributed by atoms with Crippen molar-refractivity contribution in [1.29, 1.82) is 0 Å². The highest BCUT2D eigenvalue weighted by Gasteiger charge is 2.25. The second-order valence-corrected chi connectivity index (χ2v) is 11.8. The Kier molecular flexibility index (Phi) is 9.07. The first-order valence-electron chi connectivity index (χ1n) is 14.5. The molecular weight excluding hydrogens is 579 g/mol. The van der Waals surface area contributed by atoms with Crippen LogP contribution in [0.1, 0.15) is 47.2 Å². The van der Waals surface area contributed by atoms with Crippen molar-refractivity contribution in [2.24, 2.45) is 7.05 Å². The van der Waals surface area contributed by atoms with E-state index in [9.17, 15) is 19.5 Å². The monoisotopic (exact) mass is 614 g/mol. The Labute approximate surface area is 259 Å². The largest absolute Gasteiger partial charge is 0.394 e. The molecule has 3 heterocycles. The number of aliphatic hydroxyl groups is 1. The number of morpholine rings is 1. The van der Waals surface area contributed by atoms with E-state index in [1.54, 1.807) is 47.4 Å². The van der Waals surface area contributed by atoms with Crippen LogP contribution in [0.5, 0.6) is 0 Å². The minimum absolute atomic E-state index is 0.0478. The molecule has 0 spiro atoms. The van der Waals surface area contributed by atoms with E-state index in [0.717, 1.165) is 5.69 Å². The molecule has 5 rings (SSSR count). The Balaban J connectivity index is 1.34. The van der Waals surface area contributed by atoms with Crippen molar-refractivity contribution in [3.63, 3.8) is 0 Å². The first-order chi connectivity index (χ1) is 21.4. The zero-order chi connectivity index (χ0) is 32.3. The van der Waals surface area contributed by atoms with Gasteiger partial charge >= 0.3 is 0 Å². The molecule has 2 aromatic heterocycles. The number of hydrogen-bond acceptors (Lipinski definition) is 8. The highest BCUT2D eigenvalue weighted by atomic mass is 19.1. The van der Waals surface area contributed by atoms with Crippen molar-refractivity contribution in [3.8, 4) is 11.3 Å². The Morgan fingerprint density at radius 3 is 2.49 bits per heavy atom. The van der Waals surface area contributed by atoms with Crippen LogP contribution < -0.4 is 16.2 Å². The Bertz CT molecular complexity index is 1770. The van der Waals surface area contributed by atoms with Crippen LogP contribution in [0.2, 0.25) is 0 Å². The number of aliphatic hydroxyl groups excluding tert-OH is 1. The van der Waals surface area contributed by atoms with Gasteiger partial charge in [-0.3, -0.25) is 19.4 Å². The summed E-state index contributed by atoms with van der Waals surface area (Å²) in [5.74, 6) is -1.47. The molecule has 1 saturated heterocycles. The minimum atomic E-state index is -0.711. The average Bonchev–Trinajstić information content (AvgIpc) is 3.03. The maximum Gasteiger partial charge on any atom is 0.293 e. The van der Waals surface area contributed by atoms with E-state index in [2.05, 4.69) is 20.6 Å². The molecule has 234 valence electrons. The van der Waals surface area contributed by atoms with E-state index < -0.39 is 23.4 Å². The standard InChI is InChI=1S/C33H35FN6O5/c1-33(2,3)27-13-10-21(16-35-27)30(42)38-25-7-5-6-24(28(25)34)26-18-39(4)32(44)29(37-26)36-22-11-8-20(9-12-22)31(43)40-14-15-45-23(17-40)19-41/h5-13,16,18,23,41H,14-15,17,19H2,1-4H3,(H,36,37)(H,38,42). The number of carbonyl (C=O) groups excluding carboxylic acids is 2. The van der Waals surface area contributed by atoms with Gasteiger partial charge in [0.15, 0.2) is 11.6 Å². The molecule has 45 heavy (non-hydrogen) atoms. The summed E-state index contributed by atoms with van der Waals surface area (Å²) >= 11 is 0. The number of nitrogens with zero attached hydrogens (tertiary/aromatic N) is 4. The van der Waals surface area contributed by atoms with Crippen molar-refractivity contribution in [1.82, 2.24) is 19.4 Å². The summed E-state index contributed by atoms with van der Waals surface area (Å²) in [4.78, 5) is 49.1. The van der Waals surface area contributed by atoms with Crippen LogP contribution in [0.4, 0.5) is 21.6 Å². The second-order valence-electron chi connectivity index (χ2n) is 11.8. The lowest BCUT2D eigenvalue weighted by Crippen LogP contribution is -2.46. The lowest BCUT2D eigenvalue weighted by molar-refractivity contribution is -0.0447. The second kappa shape index (κ2) is 13.0. The van der Waals surface area contributed by atoms with Crippen LogP contribution >= 0.6 is 0 Å². The van der Waals surface area contributed by atoms with Gasteiger partial charge in [-0.2, -0.15) is 0 Å². The maximum absolute atomic E-state index is 15.7. The van der Waals surface area contributed by atoms with Crippen molar-refractivity contribution in [2.45, 2.75) is 32.3 Å². The predicted molar refractivity (Wildman–Crippen MR) is 168 cm³/mol. The molecular formula is C33H35FN6O5. The van der Waals surface area contributed by atoms with E-state index in [1.165, 1.54) is 36.1 Å². The number of amides is 2. The third-order valence-corrected chi connectivity index (χ3v) is 7.41. The summed E-state index contributed by atoms with van der Waals surface area (Å²) in [7, 11) is 1.53. The molecule has 1 aliphatic rings. The van der Waals surface area contributed by atoms with Crippen molar-refractivity contribution in [3.05, 3.63) is 100.0 Å². The van der Waals surface area contributed by atoms with Gasteiger partial charge in [-0.05, 0) is 48.5 Å². The molecule has 0 radical (unpaired) electrons. The molecule has 3 N–H and O–H groups in total. The third kappa shape index (κ3) is 7.08. The number of halogens is 1. The number of anilines is 3. The number of nitrogens with one attached hydrogen (secondary N) is 2. The van der Waals surface area contributed by atoms with Crippen LogP contribution in [0.15, 0.2) is 71.8 Å². The van der Waals surface area contributed by atoms with Gasteiger partial charge in [0, 0.05) is 60.5 Å². The Morgan fingerprint density at radius 1 is 1.09 bits per heavy atom. The van der Waals surface area contributed by atoms with Gasteiger partial charge in [-0.1, -0.05) is 26.8 Å². The molecule has 2 aromatic carbocycles. The van der Waals surface area contributed by atoms with Gasteiger partial charge in [-0.15, -0.1) is 0 Å². The summed E-state index contributed by atoms with van der Waals surface area (Å²) in [6.45, 7) is 6.96. The fraction of sp³-hybridized carbons (Fsp3) is 0.303. The first-order valence-corrected chi connectivity index (χ1v) is 14.5. The zero-order valence-electron chi connectivity index (χ0n) is 25.5. The smallest absolute Gasteiger partial charge is 0.293 e. The molecule has 0 aliphatic carbocycles. The zero-order valence-corrected chi connectivity index (χ0v) is 25.5. The fourth-order valence-electron chi connectivity index (χ4n) is 4.84. The number of aromatic nitrogens is 3. The molecule has 1 unspecified atom stereocenters. The van der Waals surface area contributed by atoms with Gasteiger partial charge in [0.1, 0.15) is 0 Å².